The highest BCUT2D eigenvalue weighted by Crippen LogP contribution is 2.37. The monoisotopic (exact) mass is 293 g/mol. The molecular weight excluding hydrogens is 262 g/mol. The Kier molecular flexibility index (Phi) is 8.21. The lowest BCUT2D eigenvalue weighted by Gasteiger charge is -2.25. The zero-order chi connectivity index (χ0) is 15.7. The van der Waals surface area contributed by atoms with Crippen LogP contribution in [0.3, 0.4) is 0 Å². The van der Waals surface area contributed by atoms with Crippen LogP contribution in [0.15, 0.2) is 18.2 Å². The van der Waals surface area contributed by atoms with Crippen molar-refractivity contribution >= 4 is 0 Å². The molecule has 0 fully saturated rings. The molecule has 0 bridgehead atoms. The Hall–Kier alpha value is -1.22. The topological polar surface area (TPSA) is 30.5 Å². The van der Waals surface area contributed by atoms with Gasteiger partial charge in [0.05, 0.1) is 14.2 Å². The van der Waals surface area contributed by atoms with Crippen LogP contribution in [0.2, 0.25) is 0 Å². The van der Waals surface area contributed by atoms with Gasteiger partial charge in [0.2, 0.25) is 0 Å². The van der Waals surface area contributed by atoms with Gasteiger partial charge < -0.3 is 14.8 Å². The van der Waals surface area contributed by atoms with Gasteiger partial charge in [-0.3, -0.25) is 0 Å². The highest BCUT2D eigenvalue weighted by atomic mass is 16.5. The second-order valence-corrected chi connectivity index (χ2v) is 5.72. The van der Waals surface area contributed by atoms with Crippen molar-refractivity contribution in [2.24, 2.45) is 5.92 Å². The third-order valence-electron chi connectivity index (χ3n) is 3.87. The van der Waals surface area contributed by atoms with E-state index in [0.29, 0.717) is 12.0 Å². The largest absolute Gasteiger partial charge is 0.493 e. The van der Waals surface area contributed by atoms with Crippen molar-refractivity contribution in [1.82, 2.24) is 5.32 Å². The first-order valence-electron chi connectivity index (χ1n) is 8.12. The normalized spacial score (nSPS) is 13.8. The molecule has 21 heavy (non-hydrogen) atoms. The molecule has 0 spiro atoms. The summed E-state index contributed by atoms with van der Waals surface area (Å²) in [5, 5.41) is 3.67. The van der Waals surface area contributed by atoms with Gasteiger partial charge in [0.25, 0.3) is 0 Å². The average Bonchev–Trinajstić information content (AvgIpc) is 2.50. The highest BCUT2D eigenvalue weighted by Gasteiger charge is 2.20. The second-order valence-electron chi connectivity index (χ2n) is 5.72. The zero-order valence-corrected chi connectivity index (χ0v) is 14.2. The minimum absolute atomic E-state index is 0.316. The molecule has 120 valence electrons. The van der Waals surface area contributed by atoms with Crippen molar-refractivity contribution in [3.63, 3.8) is 0 Å². The summed E-state index contributed by atoms with van der Waals surface area (Å²) >= 11 is 0. The maximum absolute atomic E-state index is 5.60. The van der Waals surface area contributed by atoms with E-state index in [4.69, 9.17) is 9.47 Å². The second kappa shape index (κ2) is 9.67. The first-order chi connectivity index (χ1) is 10.2. The van der Waals surface area contributed by atoms with Gasteiger partial charge >= 0.3 is 0 Å². The smallest absolute Gasteiger partial charge is 0.165 e. The lowest BCUT2D eigenvalue weighted by atomic mass is 9.92. The Morgan fingerprint density at radius 1 is 1.10 bits per heavy atom. The van der Waals surface area contributed by atoms with E-state index in [1.54, 1.807) is 14.2 Å². The molecule has 2 atom stereocenters. The van der Waals surface area contributed by atoms with Crippen LogP contribution in [0.5, 0.6) is 11.5 Å². The molecule has 1 aromatic carbocycles. The van der Waals surface area contributed by atoms with Gasteiger partial charge in [-0.05, 0) is 31.4 Å². The van der Waals surface area contributed by atoms with Crippen LogP contribution in [0.1, 0.15) is 58.1 Å². The summed E-state index contributed by atoms with van der Waals surface area (Å²) < 4.78 is 11.0. The predicted octanol–water partition coefficient (Wildman–Crippen LogP) is 4.57. The van der Waals surface area contributed by atoms with Crippen molar-refractivity contribution in [3.05, 3.63) is 23.8 Å². The van der Waals surface area contributed by atoms with Gasteiger partial charge in [-0.25, -0.2) is 0 Å². The van der Waals surface area contributed by atoms with Crippen LogP contribution in [-0.4, -0.2) is 20.8 Å². The van der Waals surface area contributed by atoms with Crippen molar-refractivity contribution < 1.29 is 9.47 Å². The standard InChI is InChI=1S/C18H31NO2/c1-6-9-14(3)13-16(19-12-7-2)15-10-8-11-17(20-4)18(15)21-5/h8,10-11,14,16,19H,6-7,9,12-13H2,1-5H3. The fourth-order valence-corrected chi connectivity index (χ4v) is 2.84. The summed E-state index contributed by atoms with van der Waals surface area (Å²) in [6, 6.07) is 6.46. The van der Waals surface area contributed by atoms with E-state index >= 15 is 0 Å². The predicted molar refractivity (Wildman–Crippen MR) is 89.3 cm³/mol. The number of benzene rings is 1. The van der Waals surface area contributed by atoms with Crippen molar-refractivity contribution in [2.75, 3.05) is 20.8 Å². The lowest BCUT2D eigenvalue weighted by Crippen LogP contribution is -2.24. The molecular formula is C18H31NO2. The first kappa shape index (κ1) is 17.8. The average molecular weight is 293 g/mol. The Bertz CT molecular complexity index is 406. The molecule has 0 saturated heterocycles. The van der Waals surface area contributed by atoms with Crippen LogP contribution in [-0.2, 0) is 0 Å². The van der Waals surface area contributed by atoms with Crippen LogP contribution in [0, 0.1) is 5.92 Å². The summed E-state index contributed by atoms with van der Waals surface area (Å²) in [5.74, 6) is 2.36. The number of rotatable bonds is 10. The van der Waals surface area contributed by atoms with E-state index in [1.807, 2.05) is 12.1 Å². The molecule has 0 amide bonds. The highest BCUT2D eigenvalue weighted by molar-refractivity contribution is 5.48. The van der Waals surface area contributed by atoms with Crippen LogP contribution in [0.25, 0.3) is 0 Å². The number of methoxy groups -OCH3 is 2. The van der Waals surface area contributed by atoms with Gasteiger partial charge in [0.1, 0.15) is 0 Å². The van der Waals surface area contributed by atoms with Gasteiger partial charge in [-0.15, -0.1) is 0 Å². The Labute approximate surface area is 130 Å². The fourth-order valence-electron chi connectivity index (χ4n) is 2.84. The van der Waals surface area contributed by atoms with Gasteiger partial charge in [-0.2, -0.15) is 0 Å². The minimum atomic E-state index is 0.316. The Balaban J connectivity index is 3.01. The van der Waals surface area contributed by atoms with E-state index in [9.17, 15) is 0 Å². The van der Waals surface area contributed by atoms with Gasteiger partial charge in [-0.1, -0.05) is 45.7 Å². The molecule has 0 aliphatic carbocycles. The molecule has 1 N–H and O–H groups in total. The molecule has 3 nitrogen and oxygen atoms in total. The summed E-state index contributed by atoms with van der Waals surface area (Å²) in [5.41, 5.74) is 1.20. The molecule has 0 heterocycles. The minimum Gasteiger partial charge on any atom is -0.493 e. The third kappa shape index (κ3) is 5.24. The number of para-hydroxylation sites is 1. The number of nitrogens with one attached hydrogen (secondary N) is 1. The Morgan fingerprint density at radius 3 is 2.43 bits per heavy atom. The molecule has 3 heteroatoms. The number of hydrogen-bond donors (Lipinski definition) is 1. The molecule has 0 saturated carbocycles. The molecule has 0 radical (unpaired) electrons. The maximum atomic E-state index is 5.60. The third-order valence-corrected chi connectivity index (χ3v) is 3.87. The molecule has 1 rings (SSSR count). The SMILES string of the molecule is CCCNC(CC(C)CCC)c1cccc(OC)c1OC. The van der Waals surface area contributed by atoms with E-state index < -0.39 is 0 Å². The summed E-state index contributed by atoms with van der Waals surface area (Å²) in [7, 11) is 3.41. The van der Waals surface area contributed by atoms with E-state index in [-0.39, 0.29) is 0 Å². The molecule has 0 aliphatic rings. The van der Waals surface area contributed by atoms with E-state index in [0.717, 1.165) is 30.9 Å². The van der Waals surface area contributed by atoms with Crippen molar-refractivity contribution in [2.45, 2.75) is 52.5 Å². The molecule has 0 aliphatic heterocycles. The quantitative estimate of drug-likeness (QED) is 0.685. The van der Waals surface area contributed by atoms with Crippen molar-refractivity contribution in [3.8, 4) is 11.5 Å². The van der Waals surface area contributed by atoms with Crippen LogP contribution < -0.4 is 14.8 Å². The summed E-state index contributed by atoms with van der Waals surface area (Å²) in [6.07, 6.45) is 4.75. The first-order valence-corrected chi connectivity index (χ1v) is 8.12. The maximum Gasteiger partial charge on any atom is 0.165 e. The fraction of sp³-hybridized carbons (Fsp3) is 0.667. The van der Waals surface area contributed by atoms with Crippen LogP contribution in [0.4, 0.5) is 0 Å². The summed E-state index contributed by atoms with van der Waals surface area (Å²) in [4.78, 5) is 0. The molecule has 2 unspecified atom stereocenters. The summed E-state index contributed by atoms with van der Waals surface area (Å²) in [6.45, 7) is 7.79. The number of ether oxygens (including phenoxy) is 2. The van der Waals surface area contributed by atoms with E-state index in [2.05, 4.69) is 32.2 Å². The van der Waals surface area contributed by atoms with Crippen LogP contribution >= 0.6 is 0 Å². The van der Waals surface area contributed by atoms with E-state index in [1.165, 1.54) is 18.4 Å². The van der Waals surface area contributed by atoms with Crippen molar-refractivity contribution in [1.29, 1.82) is 0 Å². The van der Waals surface area contributed by atoms with Gasteiger partial charge in [0.15, 0.2) is 11.5 Å². The van der Waals surface area contributed by atoms with Gasteiger partial charge in [0, 0.05) is 11.6 Å². The number of hydrogen-bond acceptors (Lipinski definition) is 3. The zero-order valence-electron chi connectivity index (χ0n) is 14.2. The Morgan fingerprint density at radius 2 is 1.86 bits per heavy atom. The molecule has 0 aromatic heterocycles. The molecule has 1 aromatic rings. The lowest BCUT2D eigenvalue weighted by molar-refractivity contribution is 0.336.